The number of rotatable bonds is 2. The minimum absolute atomic E-state index is 0.0627. The summed E-state index contributed by atoms with van der Waals surface area (Å²) in [6.45, 7) is 10.1. The Balaban J connectivity index is 3.05. The summed E-state index contributed by atoms with van der Waals surface area (Å²) in [5.74, 6) is -1.40. The van der Waals surface area contributed by atoms with Gasteiger partial charge in [-0.25, -0.2) is 4.79 Å². The molecule has 1 rings (SSSR count). The molecule has 1 unspecified atom stereocenters. The third kappa shape index (κ3) is 1.60. The highest BCUT2D eigenvalue weighted by Crippen LogP contribution is 2.50. The Kier molecular flexibility index (Phi) is 2.82. The first-order valence-corrected chi connectivity index (χ1v) is 5.51. The molecular weight excluding hydrogens is 206 g/mol. The third-order valence-corrected chi connectivity index (χ3v) is 4.31. The highest BCUT2D eigenvalue weighted by Gasteiger charge is 2.59. The lowest BCUT2D eigenvalue weighted by molar-refractivity contribution is -0.181. The molecule has 1 heterocycles. The molecule has 1 saturated heterocycles. The van der Waals surface area contributed by atoms with Crippen LogP contribution >= 0.6 is 0 Å². The van der Waals surface area contributed by atoms with Crippen LogP contribution in [0.1, 0.15) is 34.6 Å². The van der Waals surface area contributed by atoms with Crippen molar-refractivity contribution in [3.63, 3.8) is 0 Å². The van der Waals surface area contributed by atoms with Crippen LogP contribution in [0.2, 0.25) is 0 Å². The van der Waals surface area contributed by atoms with Crippen molar-refractivity contribution in [3.8, 4) is 0 Å². The molecular formula is C12H21NO3. The Morgan fingerprint density at radius 3 is 2.00 bits per heavy atom. The Labute approximate surface area is 96.6 Å². The fraction of sp³-hybridized carbons (Fsp3) is 0.833. The molecule has 16 heavy (non-hydrogen) atoms. The smallest absolute Gasteiger partial charge is 0.327 e. The van der Waals surface area contributed by atoms with E-state index in [0.29, 0.717) is 0 Å². The summed E-state index contributed by atoms with van der Waals surface area (Å²) in [4.78, 5) is 24.3. The topological polar surface area (TPSA) is 57.6 Å². The van der Waals surface area contributed by atoms with E-state index in [4.69, 9.17) is 5.11 Å². The van der Waals surface area contributed by atoms with Gasteiger partial charge in [0.1, 0.15) is 6.04 Å². The second-order valence-electron chi connectivity index (χ2n) is 6.18. The van der Waals surface area contributed by atoms with E-state index in [1.54, 1.807) is 7.05 Å². The molecule has 0 aliphatic carbocycles. The molecule has 4 nitrogen and oxygen atoms in total. The van der Waals surface area contributed by atoms with Crippen LogP contribution in [-0.4, -0.2) is 35.0 Å². The number of hydrogen-bond donors (Lipinski definition) is 1. The fourth-order valence-corrected chi connectivity index (χ4v) is 2.11. The summed E-state index contributed by atoms with van der Waals surface area (Å²) < 4.78 is 0. The van der Waals surface area contributed by atoms with Gasteiger partial charge in [-0.1, -0.05) is 34.6 Å². The monoisotopic (exact) mass is 227 g/mol. The van der Waals surface area contributed by atoms with Crippen LogP contribution < -0.4 is 0 Å². The minimum atomic E-state index is -0.913. The molecule has 1 amide bonds. The normalized spacial score (nSPS) is 26.6. The summed E-state index contributed by atoms with van der Waals surface area (Å²) in [5, 5.41) is 9.13. The van der Waals surface area contributed by atoms with Gasteiger partial charge in [-0.2, -0.15) is 0 Å². The zero-order chi connectivity index (χ0) is 12.9. The first-order chi connectivity index (χ1) is 7.01. The maximum Gasteiger partial charge on any atom is 0.327 e. The Hall–Kier alpha value is -1.06. The van der Waals surface area contributed by atoms with Crippen molar-refractivity contribution in [2.45, 2.75) is 40.7 Å². The summed E-state index contributed by atoms with van der Waals surface area (Å²) in [5.41, 5.74) is -0.443. The number of amides is 1. The Morgan fingerprint density at radius 1 is 1.25 bits per heavy atom. The van der Waals surface area contributed by atoms with Crippen LogP contribution in [0.25, 0.3) is 0 Å². The molecule has 1 fully saturated rings. The van der Waals surface area contributed by atoms with E-state index in [1.165, 1.54) is 4.90 Å². The van der Waals surface area contributed by atoms with E-state index in [2.05, 4.69) is 0 Å². The van der Waals surface area contributed by atoms with Crippen LogP contribution in [0.4, 0.5) is 0 Å². The number of likely N-dealkylation sites (tertiary alicyclic amines) is 1. The molecule has 0 aromatic heterocycles. The molecule has 0 aromatic carbocycles. The molecule has 92 valence electrons. The van der Waals surface area contributed by atoms with Crippen molar-refractivity contribution < 1.29 is 14.7 Å². The lowest BCUT2D eigenvalue weighted by Gasteiger charge is -2.54. The van der Waals surface area contributed by atoms with Crippen molar-refractivity contribution >= 4 is 11.9 Å². The molecule has 1 aliphatic heterocycles. The van der Waals surface area contributed by atoms with E-state index in [-0.39, 0.29) is 16.7 Å². The molecule has 0 aromatic rings. The highest BCUT2D eigenvalue weighted by atomic mass is 16.4. The number of β-lactam (4-membered cyclic amide) rings is 1. The van der Waals surface area contributed by atoms with Gasteiger partial charge in [0.05, 0.1) is 5.92 Å². The van der Waals surface area contributed by atoms with Crippen molar-refractivity contribution in [1.29, 1.82) is 0 Å². The lowest BCUT2D eigenvalue weighted by Crippen LogP contribution is -2.68. The van der Waals surface area contributed by atoms with Crippen molar-refractivity contribution in [3.05, 3.63) is 0 Å². The summed E-state index contributed by atoms with van der Waals surface area (Å²) >= 11 is 0. The van der Waals surface area contributed by atoms with Gasteiger partial charge in [-0.15, -0.1) is 0 Å². The van der Waals surface area contributed by atoms with E-state index < -0.39 is 17.9 Å². The van der Waals surface area contributed by atoms with Gasteiger partial charge in [0.15, 0.2) is 0 Å². The molecule has 0 saturated carbocycles. The largest absolute Gasteiger partial charge is 0.480 e. The lowest BCUT2D eigenvalue weighted by atomic mass is 9.57. The highest BCUT2D eigenvalue weighted by molar-refractivity contribution is 5.97. The third-order valence-electron chi connectivity index (χ3n) is 4.31. The van der Waals surface area contributed by atoms with E-state index in [0.717, 1.165) is 0 Å². The van der Waals surface area contributed by atoms with Crippen LogP contribution in [0.3, 0.4) is 0 Å². The molecule has 0 bridgehead atoms. The predicted octanol–water partition coefficient (Wildman–Crippen LogP) is 1.60. The van der Waals surface area contributed by atoms with Gasteiger partial charge in [-0.05, 0) is 10.8 Å². The molecule has 1 aliphatic rings. The van der Waals surface area contributed by atoms with Gasteiger partial charge in [0.25, 0.3) is 0 Å². The number of likely N-dealkylation sites (N-methyl/N-ethyl adjacent to an activating group) is 1. The fourth-order valence-electron chi connectivity index (χ4n) is 2.11. The quantitative estimate of drug-likeness (QED) is 0.729. The average molecular weight is 227 g/mol. The number of hydrogen-bond acceptors (Lipinski definition) is 2. The van der Waals surface area contributed by atoms with Gasteiger partial charge in [0, 0.05) is 7.05 Å². The Morgan fingerprint density at radius 2 is 1.69 bits per heavy atom. The van der Waals surface area contributed by atoms with Crippen molar-refractivity contribution in [2.24, 2.45) is 16.7 Å². The van der Waals surface area contributed by atoms with Crippen LogP contribution in [0.5, 0.6) is 0 Å². The average Bonchev–Trinajstić information content (AvgIpc) is 2.09. The van der Waals surface area contributed by atoms with E-state index in [9.17, 15) is 9.59 Å². The number of aliphatic carboxylic acids is 1. The van der Waals surface area contributed by atoms with Gasteiger partial charge < -0.3 is 10.0 Å². The zero-order valence-electron chi connectivity index (χ0n) is 10.9. The van der Waals surface area contributed by atoms with E-state index >= 15 is 0 Å². The van der Waals surface area contributed by atoms with E-state index in [1.807, 2.05) is 34.6 Å². The zero-order valence-corrected chi connectivity index (χ0v) is 10.9. The maximum atomic E-state index is 11.8. The van der Waals surface area contributed by atoms with Gasteiger partial charge >= 0.3 is 5.97 Å². The molecule has 0 radical (unpaired) electrons. The van der Waals surface area contributed by atoms with Gasteiger partial charge in [0.2, 0.25) is 5.91 Å². The van der Waals surface area contributed by atoms with Crippen LogP contribution in [-0.2, 0) is 9.59 Å². The SMILES string of the molecule is CN1C(=O)C(C(C)(C)C(C)(C)C)[C@@H]1C(=O)O. The number of carbonyl (C=O) groups excluding carboxylic acids is 1. The summed E-state index contributed by atoms with van der Waals surface area (Å²) in [6, 6.07) is -0.679. The first kappa shape index (κ1) is 13.0. The second-order valence-corrected chi connectivity index (χ2v) is 6.18. The number of carboxylic acid groups (broad SMARTS) is 1. The Bertz CT molecular complexity index is 328. The standard InChI is InChI=1S/C12H21NO3/c1-11(2,3)12(4,5)7-8(10(15)16)13(6)9(7)14/h7-8H,1-6H3,(H,15,16)/t7?,8-/m1/s1. The first-order valence-electron chi connectivity index (χ1n) is 5.51. The predicted molar refractivity (Wildman–Crippen MR) is 60.9 cm³/mol. The van der Waals surface area contributed by atoms with Crippen LogP contribution in [0, 0.1) is 16.7 Å². The number of nitrogens with zero attached hydrogens (tertiary/aromatic N) is 1. The molecule has 1 N–H and O–H groups in total. The summed E-state index contributed by atoms with van der Waals surface area (Å²) in [6.07, 6.45) is 0. The molecule has 0 spiro atoms. The minimum Gasteiger partial charge on any atom is -0.480 e. The van der Waals surface area contributed by atoms with Gasteiger partial charge in [-0.3, -0.25) is 4.79 Å². The number of carboxylic acids is 1. The second kappa shape index (κ2) is 3.47. The molecule has 4 heteroatoms. The van der Waals surface area contributed by atoms with Crippen molar-refractivity contribution in [1.82, 2.24) is 4.90 Å². The maximum absolute atomic E-state index is 11.8. The molecule has 2 atom stereocenters. The van der Waals surface area contributed by atoms with Crippen molar-refractivity contribution in [2.75, 3.05) is 7.05 Å². The summed E-state index contributed by atoms with van der Waals surface area (Å²) in [7, 11) is 1.55. The number of carbonyl (C=O) groups is 2. The van der Waals surface area contributed by atoms with Crippen LogP contribution in [0.15, 0.2) is 0 Å².